The van der Waals surface area contributed by atoms with Crippen molar-refractivity contribution < 1.29 is 79.9 Å². The van der Waals surface area contributed by atoms with E-state index in [0.29, 0.717) is 0 Å². The highest BCUT2D eigenvalue weighted by atomic mass is 28.4. The van der Waals surface area contributed by atoms with E-state index in [1.165, 1.54) is 20.8 Å². The largest absolute Gasteiger partial charge is 0.501 e. The zero-order chi connectivity index (χ0) is 28.1. The third-order valence-electron chi connectivity index (χ3n) is 4.14. The predicted octanol–water partition coefficient (Wildman–Crippen LogP) is 5.71. The van der Waals surface area contributed by atoms with Crippen LogP contribution in [-0.2, 0) is 22.8 Å². The van der Waals surface area contributed by atoms with Crippen molar-refractivity contribution >= 4 is 14.8 Å². The monoisotopic (exact) mass is 568 g/mol. The molecule has 0 aliphatic carbocycles. The molecule has 0 N–H and O–H groups in total. The van der Waals surface area contributed by atoms with Gasteiger partial charge in [-0.15, -0.1) is 0 Å². The van der Waals surface area contributed by atoms with Gasteiger partial charge in [0.1, 0.15) is 0 Å². The second kappa shape index (κ2) is 11.4. The van der Waals surface area contributed by atoms with Crippen LogP contribution < -0.4 is 0 Å². The van der Waals surface area contributed by atoms with E-state index in [1.807, 2.05) is 0 Å². The fourth-order valence-electron chi connectivity index (χ4n) is 2.39. The summed E-state index contributed by atoms with van der Waals surface area (Å²) in [5.41, 5.74) is 0. The molecule has 0 aromatic heterocycles. The zero-order valence-corrected chi connectivity index (χ0v) is 19.2. The first-order valence-corrected chi connectivity index (χ1v) is 11.5. The van der Waals surface area contributed by atoms with Crippen molar-refractivity contribution in [3.63, 3.8) is 0 Å². The molecule has 0 saturated heterocycles. The molecule has 5 nitrogen and oxygen atoms in total. The van der Waals surface area contributed by atoms with Crippen LogP contribution in [0, 0.1) is 0 Å². The fraction of sp³-hybridized carbons (Fsp3) is 0.938. The Hall–Kier alpha value is -1.34. The van der Waals surface area contributed by atoms with E-state index in [0.717, 1.165) is 0 Å². The standard InChI is InChI=1S/C16H21F13O5Si/c1-4-32-35(33-5-2,34-6-3)8-7-10(30)31-9-11(17,18)12(19,20)13(21,22)14(23,24)15(25,26)16(27,28)29/h4-9H2,1-3H3. The van der Waals surface area contributed by atoms with Gasteiger partial charge in [-0.3, -0.25) is 4.79 Å². The SMILES string of the molecule is CCO[Si](CCC(=O)OCC(F)(F)C(F)(F)C(F)(F)C(F)(F)C(F)(F)C(F)(F)F)(OCC)OCC. The van der Waals surface area contributed by atoms with Gasteiger partial charge in [0.25, 0.3) is 0 Å². The maximum Gasteiger partial charge on any atom is 0.501 e. The number of alkyl halides is 13. The minimum absolute atomic E-state index is 0.0165. The smallest absolute Gasteiger partial charge is 0.459 e. The Bertz CT molecular complexity index is 683. The molecule has 35 heavy (non-hydrogen) atoms. The summed E-state index contributed by atoms with van der Waals surface area (Å²) in [5.74, 6) is -39.6. The molecule has 0 saturated carbocycles. The van der Waals surface area contributed by atoms with Crippen molar-refractivity contribution in [2.75, 3.05) is 26.4 Å². The average Bonchev–Trinajstić information content (AvgIpc) is 2.70. The quantitative estimate of drug-likeness (QED) is 0.144. The van der Waals surface area contributed by atoms with Gasteiger partial charge in [0, 0.05) is 32.3 Å². The Labute approximate surface area is 191 Å². The summed E-state index contributed by atoms with van der Waals surface area (Å²) in [7, 11) is -3.61. The summed E-state index contributed by atoms with van der Waals surface area (Å²) in [5, 5.41) is 0. The van der Waals surface area contributed by atoms with Crippen molar-refractivity contribution in [3.8, 4) is 0 Å². The van der Waals surface area contributed by atoms with Crippen LogP contribution in [0.25, 0.3) is 0 Å². The minimum atomic E-state index is -8.02. The normalized spacial score (nSPS) is 14.9. The summed E-state index contributed by atoms with van der Waals surface area (Å²) < 4.78 is 189. The second-order valence-electron chi connectivity index (χ2n) is 6.64. The number of hydrogen-bond acceptors (Lipinski definition) is 5. The van der Waals surface area contributed by atoms with Crippen molar-refractivity contribution in [3.05, 3.63) is 0 Å². The number of ether oxygens (including phenoxy) is 1. The van der Waals surface area contributed by atoms with Crippen molar-refractivity contribution in [2.45, 2.75) is 69.0 Å². The number of esters is 1. The number of carbonyl (C=O) groups excluding carboxylic acids is 1. The van der Waals surface area contributed by atoms with Gasteiger partial charge in [-0.25, -0.2) is 0 Å². The van der Waals surface area contributed by atoms with Gasteiger partial charge in [-0.05, 0) is 20.8 Å². The highest BCUT2D eigenvalue weighted by molar-refractivity contribution is 6.60. The molecule has 0 unspecified atom stereocenters. The average molecular weight is 568 g/mol. The van der Waals surface area contributed by atoms with Crippen molar-refractivity contribution in [1.82, 2.24) is 0 Å². The Morgan fingerprint density at radius 3 is 1.34 bits per heavy atom. The van der Waals surface area contributed by atoms with Gasteiger partial charge in [0.15, 0.2) is 6.61 Å². The molecule has 0 aliphatic heterocycles. The maximum atomic E-state index is 13.7. The molecule has 210 valence electrons. The molecule has 0 atom stereocenters. The second-order valence-corrected chi connectivity index (χ2v) is 9.37. The maximum absolute atomic E-state index is 13.7. The molecule has 0 aromatic carbocycles. The third-order valence-corrected chi connectivity index (χ3v) is 7.19. The number of hydrogen-bond donors (Lipinski definition) is 0. The van der Waals surface area contributed by atoms with Gasteiger partial charge >= 0.3 is 50.6 Å². The van der Waals surface area contributed by atoms with E-state index in [1.54, 1.807) is 0 Å². The first-order valence-electron chi connectivity index (χ1n) is 9.56. The van der Waals surface area contributed by atoms with Gasteiger partial charge in [0.2, 0.25) is 0 Å². The van der Waals surface area contributed by atoms with E-state index in [-0.39, 0.29) is 19.8 Å². The molecule has 19 heteroatoms. The summed E-state index contributed by atoms with van der Waals surface area (Å²) in [6.07, 6.45) is -8.46. The van der Waals surface area contributed by atoms with Crippen LogP contribution in [0.15, 0.2) is 0 Å². The number of carbonyl (C=O) groups is 1. The molecule has 0 amide bonds. The van der Waals surface area contributed by atoms with Crippen LogP contribution in [0.5, 0.6) is 0 Å². The van der Waals surface area contributed by atoms with E-state index < -0.39 is 69.6 Å². The minimum Gasteiger partial charge on any atom is -0.459 e. The molecule has 0 spiro atoms. The lowest BCUT2D eigenvalue weighted by atomic mass is 9.94. The predicted molar refractivity (Wildman–Crippen MR) is 91.8 cm³/mol. The molecule has 0 aromatic rings. The van der Waals surface area contributed by atoms with E-state index >= 15 is 0 Å². The lowest BCUT2D eigenvalue weighted by Crippen LogP contribution is -2.70. The zero-order valence-electron chi connectivity index (χ0n) is 18.2. The molecule has 0 fully saturated rings. The van der Waals surface area contributed by atoms with Gasteiger partial charge in [-0.1, -0.05) is 0 Å². The number of rotatable bonds is 15. The van der Waals surface area contributed by atoms with Gasteiger partial charge < -0.3 is 18.0 Å². The third kappa shape index (κ3) is 6.71. The van der Waals surface area contributed by atoms with Crippen LogP contribution >= 0.6 is 0 Å². The van der Waals surface area contributed by atoms with Crippen LogP contribution in [0.4, 0.5) is 57.1 Å². The Morgan fingerprint density at radius 1 is 0.629 bits per heavy atom. The highest BCUT2D eigenvalue weighted by Crippen LogP contribution is 2.60. The summed E-state index contributed by atoms with van der Waals surface area (Å²) in [6.45, 7) is 1.35. The first kappa shape index (κ1) is 33.7. The summed E-state index contributed by atoms with van der Waals surface area (Å²) in [4.78, 5) is 11.7. The lowest BCUT2D eigenvalue weighted by Gasteiger charge is -2.39. The fourth-order valence-corrected chi connectivity index (χ4v) is 4.91. The van der Waals surface area contributed by atoms with Crippen molar-refractivity contribution in [2.24, 2.45) is 0 Å². The molecule has 0 heterocycles. The van der Waals surface area contributed by atoms with Crippen LogP contribution in [0.2, 0.25) is 6.04 Å². The van der Waals surface area contributed by atoms with E-state index in [9.17, 15) is 61.9 Å². The molecular formula is C16H21F13O5Si. The first-order chi connectivity index (χ1) is 15.5. The van der Waals surface area contributed by atoms with E-state index in [4.69, 9.17) is 13.3 Å². The van der Waals surface area contributed by atoms with Crippen LogP contribution in [0.1, 0.15) is 27.2 Å². The van der Waals surface area contributed by atoms with Crippen molar-refractivity contribution in [1.29, 1.82) is 0 Å². The summed E-state index contributed by atoms with van der Waals surface area (Å²) >= 11 is 0. The van der Waals surface area contributed by atoms with Gasteiger partial charge in [-0.2, -0.15) is 57.1 Å². The molecule has 0 bridgehead atoms. The van der Waals surface area contributed by atoms with Crippen LogP contribution in [-0.4, -0.2) is 77.0 Å². The Balaban J connectivity index is 5.64. The Morgan fingerprint density at radius 2 is 1.00 bits per heavy atom. The van der Waals surface area contributed by atoms with E-state index in [2.05, 4.69) is 4.74 Å². The molecule has 0 rings (SSSR count). The summed E-state index contributed by atoms with van der Waals surface area (Å²) in [6, 6.07) is -0.491. The Kier molecular flexibility index (Phi) is 10.9. The lowest BCUT2D eigenvalue weighted by molar-refractivity contribution is -0.441. The molecule has 0 radical (unpaired) electrons. The van der Waals surface area contributed by atoms with Gasteiger partial charge in [0.05, 0.1) is 0 Å². The molecular weight excluding hydrogens is 547 g/mol. The molecule has 0 aliphatic rings. The van der Waals surface area contributed by atoms with Crippen LogP contribution in [0.3, 0.4) is 0 Å². The number of halogens is 13. The highest BCUT2D eigenvalue weighted by Gasteiger charge is 2.90. The topological polar surface area (TPSA) is 54.0 Å².